The molecule has 0 saturated carbocycles. The number of carbonyl (C=O) groups excluding carboxylic acids is 1. The summed E-state index contributed by atoms with van der Waals surface area (Å²) in [5, 5.41) is 8.12. The van der Waals surface area contributed by atoms with Crippen molar-refractivity contribution in [2.24, 2.45) is 0 Å². The van der Waals surface area contributed by atoms with Crippen LogP contribution in [0.2, 0.25) is 0 Å². The topological polar surface area (TPSA) is 101 Å². The average molecular weight is 414 g/mol. The Kier molecular flexibility index (Phi) is 5.11. The lowest BCUT2D eigenvalue weighted by Gasteiger charge is -2.41. The molecule has 1 aliphatic rings. The average Bonchev–Trinajstić information content (AvgIpc) is 3.27. The summed E-state index contributed by atoms with van der Waals surface area (Å²) in [4.78, 5) is 18.1. The maximum atomic E-state index is 13.5. The predicted molar refractivity (Wildman–Crippen MR) is 107 cm³/mol. The first-order chi connectivity index (χ1) is 14.2. The molecule has 0 radical (unpaired) electrons. The molecule has 0 aromatic carbocycles. The molecule has 0 bridgehead atoms. The number of fused-ring (bicyclic) bond motifs is 1. The van der Waals surface area contributed by atoms with Gasteiger partial charge in [-0.3, -0.25) is 9.20 Å². The molecular formula is C21H26N4O5. The number of rotatable bonds is 6. The molecule has 9 heteroatoms. The van der Waals surface area contributed by atoms with E-state index in [1.165, 1.54) is 0 Å². The van der Waals surface area contributed by atoms with Crippen molar-refractivity contribution in [2.45, 2.75) is 52.2 Å². The summed E-state index contributed by atoms with van der Waals surface area (Å²) in [6, 6.07) is 3.68. The Morgan fingerprint density at radius 3 is 2.60 bits per heavy atom. The fourth-order valence-electron chi connectivity index (χ4n) is 3.67. The summed E-state index contributed by atoms with van der Waals surface area (Å²) in [5.41, 5.74) is 0.858. The Balaban J connectivity index is 1.72. The van der Waals surface area contributed by atoms with Gasteiger partial charge in [0.1, 0.15) is 11.1 Å². The minimum atomic E-state index is -0.873. The van der Waals surface area contributed by atoms with Gasteiger partial charge in [0.25, 0.3) is 0 Å². The predicted octanol–water partition coefficient (Wildman–Crippen LogP) is 3.03. The number of Topliss-reactive ketones (excluding diaryl/α,β-unsaturated/α-hetero) is 1. The lowest BCUT2D eigenvalue weighted by molar-refractivity contribution is -0.271. The largest absolute Gasteiger partial charge is 0.490 e. The third-order valence-electron chi connectivity index (χ3n) is 5.22. The third kappa shape index (κ3) is 3.59. The van der Waals surface area contributed by atoms with Crippen LogP contribution in [0.5, 0.6) is 5.75 Å². The SMILES string of the molecule is CCOc1cccn2c(C(=O)CC3(c4nnc(C)o4)COC(C)(C)OC3)c(C)nc12. The van der Waals surface area contributed by atoms with Crippen LogP contribution in [0.3, 0.4) is 0 Å². The van der Waals surface area contributed by atoms with Crippen molar-refractivity contribution in [3.8, 4) is 5.75 Å². The molecule has 0 aliphatic carbocycles. The molecule has 0 unspecified atom stereocenters. The number of aromatic nitrogens is 4. The van der Waals surface area contributed by atoms with E-state index in [0.29, 0.717) is 41.2 Å². The van der Waals surface area contributed by atoms with E-state index in [1.807, 2.05) is 46.0 Å². The zero-order valence-corrected chi connectivity index (χ0v) is 17.9. The highest BCUT2D eigenvalue weighted by Gasteiger charge is 2.47. The Bertz CT molecular complexity index is 1070. The maximum absolute atomic E-state index is 13.5. The number of hydrogen-bond donors (Lipinski definition) is 0. The van der Waals surface area contributed by atoms with Crippen LogP contribution in [0.1, 0.15) is 55.2 Å². The number of imidazole rings is 1. The first kappa shape index (κ1) is 20.5. The monoisotopic (exact) mass is 414 g/mol. The molecule has 4 rings (SSSR count). The smallest absolute Gasteiger partial charge is 0.227 e. The zero-order valence-electron chi connectivity index (χ0n) is 17.9. The molecule has 0 atom stereocenters. The minimum Gasteiger partial charge on any atom is -0.490 e. The van der Waals surface area contributed by atoms with Crippen molar-refractivity contribution in [3.05, 3.63) is 41.5 Å². The van der Waals surface area contributed by atoms with Crippen molar-refractivity contribution < 1.29 is 23.4 Å². The van der Waals surface area contributed by atoms with E-state index in [4.69, 9.17) is 18.6 Å². The molecule has 0 amide bonds. The van der Waals surface area contributed by atoms with Crippen LogP contribution < -0.4 is 4.74 Å². The Labute approximate surface area is 174 Å². The van der Waals surface area contributed by atoms with Crippen molar-refractivity contribution >= 4 is 11.4 Å². The van der Waals surface area contributed by atoms with E-state index in [-0.39, 0.29) is 25.4 Å². The highest BCUT2D eigenvalue weighted by Crippen LogP contribution is 2.37. The van der Waals surface area contributed by atoms with Crippen LogP contribution in [0.25, 0.3) is 5.65 Å². The second-order valence-corrected chi connectivity index (χ2v) is 8.03. The molecule has 3 aromatic rings. The summed E-state index contributed by atoms with van der Waals surface area (Å²) in [7, 11) is 0. The maximum Gasteiger partial charge on any atom is 0.227 e. The van der Waals surface area contributed by atoms with Gasteiger partial charge in [-0.05, 0) is 39.8 Å². The minimum absolute atomic E-state index is 0.0816. The quantitative estimate of drug-likeness (QED) is 0.567. The molecular weight excluding hydrogens is 388 g/mol. The Morgan fingerprint density at radius 1 is 1.23 bits per heavy atom. The van der Waals surface area contributed by atoms with Crippen LogP contribution in [-0.2, 0) is 14.9 Å². The van der Waals surface area contributed by atoms with E-state index in [1.54, 1.807) is 11.3 Å². The molecule has 0 N–H and O–H groups in total. The lowest BCUT2D eigenvalue weighted by atomic mass is 9.82. The summed E-state index contributed by atoms with van der Waals surface area (Å²) >= 11 is 0. The van der Waals surface area contributed by atoms with Crippen molar-refractivity contribution in [1.82, 2.24) is 19.6 Å². The number of ketones is 1. The standard InChI is InChI=1S/C21H26N4O5/c1-6-27-16-8-7-9-25-17(13(2)22-18(16)25)15(26)10-21(19-24-23-14(3)30-19)11-28-20(4,5)29-12-21/h7-9H,6,10-12H2,1-5H3. The molecule has 160 valence electrons. The molecule has 9 nitrogen and oxygen atoms in total. The molecule has 1 aliphatic heterocycles. The fraction of sp³-hybridized carbons (Fsp3) is 0.524. The van der Waals surface area contributed by atoms with Gasteiger partial charge >= 0.3 is 0 Å². The van der Waals surface area contributed by atoms with Gasteiger partial charge in [-0.15, -0.1) is 10.2 Å². The van der Waals surface area contributed by atoms with Gasteiger partial charge in [0.2, 0.25) is 11.8 Å². The summed E-state index contributed by atoms with van der Waals surface area (Å²) in [5.74, 6) is 0.541. The van der Waals surface area contributed by atoms with Gasteiger partial charge in [0, 0.05) is 19.5 Å². The molecule has 3 aromatic heterocycles. The van der Waals surface area contributed by atoms with E-state index in [0.717, 1.165) is 0 Å². The second-order valence-electron chi connectivity index (χ2n) is 8.03. The summed E-state index contributed by atoms with van der Waals surface area (Å²) < 4.78 is 24.9. The lowest BCUT2D eigenvalue weighted by Crippen LogP contribution is -2.50. The number of ether oxygens (including phenoxy) is 3. The summed E-state index contributed by atoms with van der Waals surface area (Å²) in [6.45, 7) is 10.1. The fourth-order valence-corrected chi connectivity index (χ4v) is 3.67. The van der Waals surface area contributed by atoms with Crippen molar-refractivity contribution in [2.75, 3.05) is 19.8 Å². The molecule has 1 saturated heterocycles. The number of aryl methyl sites for hydroxylation is 2. The molecule has 30 heavy (non-hydrogen) atoms. The van der Waals surface area contributed by atoms with Gasteiger partial charge < -0.3 is 18.6 Å². The Hall–Kier alpha value is -2.78. The number of hydrogen-bond acceptors (Lipinski definition) is 8. The highest BCUT2D eigenvalue weighted by atomic mass is 16.7. The number of pyridine rings is 1. The van der Waals surface area contributed by atoms with Gasteiger partial charge in [0.15, 0.2) is 23.0 Å². The van der Waals surface area contributed by atoms with Crippen LogP contribution in [0.15, 0.2) is 22.7 Å². The highest BCUT2D eigenvalue weighted by molar-refractivity contribution is 5.97. The van der Waals surface area contributed by atoms with Gasteiger partial charge in [0.05, 0.1) is 25.5 Å². The van der Waals surface area contributed by atoms with Gasteiger partial charge in [-0.1, -0.05) is 0 Å². The first-order valence-corrected chi connectivity index (χ1v) is 9.97. The number of nitrogens with zero attached hydrogens (tertiary/aromatic N) is 4. The van der Waals surface area contributed by atoms with E-state index in [9.17, 15) is 4.79 Å². The van der Waals surface area contributed by atoms with Gasteiger partial charge in [-0.2, -0.15) is 0 Å². The molecule has 1 fully saturated rings. The van der Waals surface area contributed by atoms with E-state index in [2.05, 4.69) is 15.2 Å². The van der Waals surface area contributed by atoms with Crippen LogP contribution in [-0.4, -0.2) is 51.0 Å². The normalized spacial score (nSPS) is 17.9. The zero-order chi connectivity index (χ0) is 21.5. The van der Waals surface area contributed by atoms with E-state index >= 15 is 0 Å². The van der Waals surface area contributed by atoms with Gasteiger partial charge in [-0.25, -0.2) is 4.98 Å². The van der Waals surface area contributed by atoms with Crippen LogP contribution in [0, 0.1) is 13.8 Å². The molecule has 0 spiro atoms. The first-order valence-electron chi connectivity index (χ1n) is 9.97. The summed E-state index contributed by atoms with van der Waals surface area (Å²) in [6.07, 6.45) is 1.89. The Morgan fingerprint density at radius 2 is 1.97 bits per heavy atom. The molecule has 4 heterocycles. The third-order valence-corrected chi connectivity index (χ3v) is 5.22. The second kappa shape index (κ2) is 7.48. The van der Waals surface area contributed by atoms with Crippen LogP contribution in [0.4, 0.5) is 0 Å². The van der Waals surface area contributed by atoms with Crippen molar-refractivity contribution in [3.63, 3.8) is 0 Å². The van der Waals surface area contributed by atoms with Crippen LogP contribution >= 0.6 is 0 Å². The number of carbonyl (C=O) groups is 1. The van der Waals surface area contributed by atoms with E-state index < -0.39 is 11.2 Å². The van der Waals surface area contributed by atoms with Crippen molar-refractivity contribution in [1.29, 1.82) is 0 Å².